The molecule has 0 aliphatic carbocycles. The van der Waals surface area contributed by atoms with Crippen molar-refractivity contribution in [2.24, 2.45) is 0 Å². The minimum absolute atomic E-state index is 0.218. The lowest BCUT2D eigenvalue weighted by Gasteiger charge is -2.26. The zero-order valence-corrected chi connectivity index (χ0v) is 26.3. The third kappa shape index (κ3) is 6.16. The first-order chi connectivity index (χ1) is 23.0. The molecule has 4 aromatic heterocycles. The van der Waals surface area contributed by atoms with Gasteiger partial charge in [0.1, 0.15) is 5.56 Å². The van der Waals surface area contributed by atoms with Gasteiger partial charge in [-0.2, -0.15) is 10.2 Å². The van der Waals surface area contributed by atoms with E-state index >= 15 is 0 Å². The summed E-state index contributed by atoms with van der Waals surface area (Å²) in [7, 11) is 0. The fraction of sp³-hybridized carbons (Fsp3) is 0.250. The highest BCUT2D eigenvalue weighted by atomic mass is 16.5. The molecule has 0 unspecified atom stereocenters. The molecule has 236 valence electrons. The molecule has 6 aromatic rings. The summed E-state index contributed by atoms with van der Waals surface area (Å²) in [5, 5.41) is 13.2. The minimum atomic E-state index is -0.532. The second-order valence-electron chi connectivity index (χ2n) is 11.6. The lowest BCUT2D eigenvalue weighted by Crippen LogP contribution is -2.38. The molecule has 11 nitrogen and oxygen atoms in total. The largest absolute Gasteiger partial charge is 0.379 e. The van der Waals surface area contributed by atoms with Crippen LogP contribution in [0.4, 0.5) is 0 Å². The van der Waals surface area contributed by atoms with Gasteiger partial charge in [-0.1, -0.05) is 42.2 Å². The maximum atomic E-state index is 14.4. The molecular formula is C36H34N8O3. The van der Waals surface area contributed by atoms with Crippen LogP contribution in [0.25, 0.3) is 22.1 Å². The number of aryl methyl sites for hydroxylation is 1. The first kappa shape index (κ1) is 30.1. The van der Waals surface area contributed by atoms with E-state index in [0.29, 0.717) is 39.2 Å². The van der Waals surface area contributed by atoms with Crippen molar-refractivity contribution in [2.45, 2.75) is 26.4 Å². The Morgan fingerprint density at radius 2 is 1.87 bits per heavy atom. The second-order valence-corrected chi connectivity index (χ2v) is 11.6. The Morgan fingerprint density at radius 3 is 2.70 bits per heavy atom. The number of nitrogens with one attached hydrogen (secondary N) is 1. The molecule has 0 spiro atoms. The minimum Gasteiger partial charge on any atom is -0.379 e. The number of aromatic nitrogens is 6. The molecule has 1 aliphatic heterocycles. The van der Waals surface area contributed by atoms with Crippen molar-refractivity contribution in [3.05, 3.63) is 124 Å². The van der Waals surface area contributed by atoms with Crippen molar-refractivity contribution in [3.8, 4) is 17.5 Å². The normalized spacial score (nSPS) is 14.2. The molecule has 11 heteroatoms. The molecule has 7 rings (SSSR count). The monoisotopic (exact) mass is 626 g/mol. The lowest BCUT2D eigenvalue weighted by molar-refractivity contribution is 0.0359. The van der Waals surface area contributed by atoms with Crippen molar-refractivity contribution in [1.82, 2.24) is 39.2 Å². The van der Waals surface area contributed by atoms with Crippen LogP contribution < -0.4 is 10.9 Å². The van der Waals surface area contributed by atoms with Gasteiger partial charge >= 0.3 is 0 Å². The van der Waals surface area contributed by atoms with Gasteiger partial charge in [0.05, 0.1) is 48.6 Å². The molecule has 1 N–H and O–H groups in total. The van der Waals surface area contributed by atoms with E-state index in [-0.39, 0.29) is 11.5 Å². The fourth-order valence-electron chi connectivity index (χ4n) is 6.01. The Hall–Kier alpha value is -5.57. The molecule has 2 aromatic carbocycles. The highest BCUT2D eigenvalue weighted by Gasteiger charge is 2.23. The Balaban J connectivity index is 1.22. The molecular weight excluding hydrogens is 592 g/mol. The zero-order chi connectivity index (χ0) is 32.3. The third-order valence-corrected chi connectivity index (χ3v) is 8.40. The van der Waals surface area contributed by atoms with Gasteiger partial charge in [0.2, 0.25) is 0 Å². The van der Waals surface area contributed by atoms with Gasteiger partial charge in [-0.3, -0.25) is 23.7 Å². The number of amides is 1. The first-order valence-electron chi connectivity index (χ1n) is 15.7. The van der Waals surface area contributed by atoms with E-state index in [1.807, 2.05) is 72.4 Å². The zero-order valence-electron chi connectivity index (χ0n) is 26.3. The van der Waals surface area contributed by atoms with E-state index in [1.165, 1.54) is 0 Å². The maximum absolute atomic E-state index is 14.4. The number of nitrogens with zero attached hydrogens (tertiary/aromatic N) is 7. The van der Waals surface area contributed by atoms with Crippen molar-refractivity contribution >= 4 is 22.3 Å². The van der Waals surface area contributed by atoms with Crippen LogP contribution in [0.1, 0.15) is 45.8 Å². The summed E-state index contributed by atoms with van der Waals surface area (Å²) in [5.41, 5.74) is 3.94. The van der Waals surface area contributed by atoms with Gasteiger partial charge in [0.15, 0.2) is 5.65 Å². The van der Waals surface area contributed by atoms with E-state index in [0.717, 1.165) is 50.3 Å². The summed E-state index contributed by atoms with van der Waals surface area (Å²) in [6.07, 6.45) is 7.07. The van der Waals surface area contributed by atoms with Gasteiger partial charge in [-0.15, -0.1) is 0 Å². The van der Waals surface area contributed by atoms with E-state index in [2.05, 4.69) is 37.2 Å². The number of morpholine rings is 1. The van der Waals surface area contributed by atoms with Gasteiger partial charge in [0.25, 0.3) is 11.5 Å². The van der Waals surface area contributed by atoms with Crippen LogP contribution in [0, 0.1) is 18.8 Å². The molecule has 0 bridgehead atoms. The highest BCUT2D eigenvalue weighted by Crippen LogP contribution is 2.24. The quantitative estimate of drug-likeness (QED) is 0.269. The highest BCUT2D eigenvalue weighted by molar-refractivity contribution is 6.01. The first-order valence-corrected chi connectivity index (χ1v) is 15.7. The summed E-state index contributed by atoms with van der Waals surface area (Å²) in [5.74, 6) is 6.13. The molecule has 0 radical (unpaired) electrons. The summed E-state index contributed by atoms with van der Waals surface area (Å²) < 4.78 is 10.6. The Bertz CT molecular complexity index is 2200. The standard InChI is InChI=1S/C36H34N8O3/c1-25(39-35(45)32-26(2)40-43-15-7-14-37-34(32)43)31-22-29-9-6-8-28(33(29)36(46)44(31)30-10-4-3-5-11-30)13-12-27-23-38-42(24-27)17-16-41-18-20-47-21-19-41/h3-11,14-15,22-25H,16-21H2,1-2H3,(H,39,45)/t25-/m1/s1. The number of pyridine rings is 1. The number of hydrogen-bond acceptors (Lipinski definition) is 7. The average molecular weight is 627 g/mol. The lowest BCUT2D eigenvalue weighted by atomic mass is 10.0. The van der Waals surface area contributed by atoms with Crippen LogP contribution in [-0.4, -0.2) is 72.6 Å². The molecule has 1 atom stereocenters. The number of ether oxygens (including phenoxy) is 1. The smallest absolute Gasteiger partial charge is 0.264 e. The fourth-order valence-corrected chi connectivity index (χ4v) is 6.01. The Labute approximate surface area is 271 Å². The summed E-state index contributed by atoms with van der Waals surface area (Å²) >= 11 is 0. The van der Waals surface area contributed by atoms with E-state index < -0.39 is 6.04 Å². The Morgan fingerprint density at radius 1 is 1.04 bits per heavy atom. The molecule has 47 heavy (non-hydrogen) atoms. The van der Waals surface area contributed by atoms with Crippen LogP contribution in [0.5, 0.6) is 0 Å². The number of fused-ring (bicyclic) bond motifs is 2. The number of rotatable bonds is 7. The molecule has 5 heterocycles. The van der Waals surface area contributed by atoms with Gasteiger partial charge in [-0.05, 0) is 49.6 Å². The van der Waals surface area contributed by atoms with Crippen molar-refractivity contribution in [1.29, 1.82) is 0 Å². The number of para-hydroxylation sites is 1. The van der Waals surface area contributed by atoms with E-state index in [4.69, 9.17) is 4.74 Å². The SMILES string of the molecule is Cc1nn2cccnc2c1C(=O)N[C@H](C)c1cc2cccc(C#Cc3cnn(CCN4CCOCC4)c3)c2c(=O)n1-c1ccccc1. The van der Waals surface area contributed by atoms with Gasteiger partial charge in [0, 0.05) is 55.2 Å². The summed E-state index contributed by atoms with van der Waals surface area (Å²) in [4.78, 5) is 34.7. The Kier molecular flexibility index (Phi) is 8.35. The number of carbonyl (C=O) groups excluding carboxylic acids is 1. The number of benzene rings is 2. The van der Waals surface area contributed by atoms with Crippen LogP contribution in [0.3, 0.4) is 0 Å². The topological polar surface area (TPSA) is 112 Å². The van der Waals surface area contributed by atoms with Crippen molar-refractivity contribution < 1.29 is 9.53 Å². The van der Waals surface area contributed by atoms with E-state index in [1.54, 1.807) is 40.7 Å². The van der Waals surface area contributed by atoms with Crippen LogP contribution in [-0.2, 0) is 11.3 Å². The molecule has 1 fully saturated rings. The number of hydrogen-bond donors (Lipinski definition) is 1. The van der Waals surface area contributed by atoms with Crippen molar-refractivity contribution in [3.63, 3.8) is 0 Å². The molecule has 1 saturated heterocycles. The van der Waals surface area contributed by atoms with Gasteiger partial charge in [-0.25, -0.2) is 9.50 Å². The average Bonchev–Trinajstić information content (AvgIpc) is 3.70. The predicted octanol–water partition coefficient (Wildman–Crippen LogP) is 3.76. The number of carbonyl (C=O) groups is 1. The molecule has 1 amide bonds. The van der Waals surface area contributed by atoms with Crippen molar-refractivity contribution in [2.75, 3.05) is 32.8 Å². The maximum Gasteiger partial charge on any atom is 0.264 e. The van der Waals surface area contributed by atoms with Crippen LogP contribution in [0.2, 0.25) is 0 Å². The molecule has 0 saturated carbocycles. The predicted molar refractivity (Wildman–Crippen MR) is 179 cm³/mol. The third-order valence-electron chi connectivity index (χ3n) is 8.40. The summed E-state index contributed by atoms with van der Waals surface area (Å²) in [6.45, 7) is 8.71. The second kappa shape index (κ2) is 13.0. The van der Waals surface area contributed by atoms with Crippen LogP contribution in [0.15, 0.2) is 90.2 Å². The van der Waals surface area contributed by atoms with E-state index in [9.17, 15) is 9.59 Å². The van der Waals surface area contributed by atoms with Gasteiger partial charge < -0.3 is 10.1 Å². The van der Waals surface area contributed by atoms with Crippen LogP contribution >= 0.6 is 0 Å². The summed E-state index contributed by atoms with van der Waals surface area (Å²) in [6, 6.07) is 18.3. The molecule has 1 aliphatic rings.